The molecule has 0 saturated heterocycles. The Bertz CT molecular complexity index is 701. The van der Waals surface area contributed by atoms with Gasteiger partial charge in [0, 0.05) is 35.5 Å². The summed E-state index contributed by atoms with van der Waals surface area (Å²) in [6, 6.07) is 6.22. The van der Waals surface area contributed by atoms with Crippen LogP contribution in [0.3, 0.4) is 0 Å². The van der Waals surface area contributed by atoms with Crippen LogP contribution in [-0.4, -0.2) is 28.6 Å². The van der Waals surface area contributed by atoms with Crippen LogP contribution in [0.5, 0.6) is 0 Å². The van der Waals surface area contributed by atoms with E-state index in [4.69, 9.17) is 0 Å². The molecule has 0 spiro atoms. The predicted octanol–water partition coefficient (Wildman–Crippen LogP) is 3.57. The highest BCUT2D eigenvalue weighted by molar-refractivity contribution is 5.86. The molecule has 1 amide bonds. The molecule has 0 bridgehead atoms. The monoisotopic (exact) mass is 330 g/mol. The molecule has 3 N–H and O–H groups in total. The van der Waals surface area contributed by atoms with Crippen molar-refractivity contribution in [3.63, 3.8) is 0 Å². The van der Waals surface area contributed by atoms with Crippen molar-refractivity contribution >= 4 is 16.8 Å². The average molecular weight is 330 g/mol. The number of aliphatic hydroxyl groups is 1. The first kappa shape index (κ1) is 18.5. The molecule has 0 saturated carbocycles. The Morgan fingerprint density at radius 1 is 1.33 bits per heavy atom. The van der Waals surface area contributed by atoms with E-state index < -0.39 is 6.10 Å². The van der Waals surface area contributed by atoms with Gasteiger partial charge in [0.15, 0.2) is 0 Å². The number of carbonyl (C=O) groups excluding carboxylic acids is 1. The summed E-state index contributed by atoms with van der Waals surface area (Å²) < 4.78 is 0. The third kappa shape index (κ3) is 4.18. The molecule has 1 heterocycles. The molecule has 1 unspecified atom stereocenters. The number of aromatic amines is 1. The summed E-state index contributed by atoms with van der Waals surface area (Å²) in [4.78, 5) is 15.5. The minimum atomic E-state index is -0.436. The molecule has 0 aliphatic rings. The van der Waals surface area contributed by atoms with Gasteiger partial charge in [0.1, 0.15) is 0 Å². The summed E-state index contributed by atoms with van der Waals surface area (Å²) in [7, 11) is 0. The van der Waals surface area contributed by atoms with Crippen molar-refractivity contribution < 1.29 is 9.90 Å². The van der Waals surface area contributed by atoms with Crippen molar-refractivity contribution in [2.75, 3.05) is 6.54 Å². The van der Waals surface area contributed by atoms with Crippen LogP contribution in [0.4, 0.5) is 0 Å². The van der Waals surface area contributed by atoms with Crippen LogP contribution in [0.2, 0.25) is 0 Å². The van der Waals surface area contributed by atoms with Gasteiger partial charge in [-0.1, -0.05) is 45.9 Å². The van der Waals surface area contributed by atoms with E-state index in [1.165, 1.54) is 16.5 Å². The summed E-state index contributed by atoms with van der Waals surface area (Å²) in [6.45, 7) is 10.5. The van der Waals surface area contributed by atoms with E-state index in [-0.39, 0.29) is 17.2 Å². The third-order valence-electron chi connectivity index (χ3n) is 4.80. The van der Waals surface area contributed by atoms with Crippen LogP contribution in [0, 0.1) is 18.3 Å². The number of fused-ring (bicyclic) bond motifs is 1. The van der Waals surface area contributed by atoms with E-state index in [2.05, 4.69) is 29.4 Å². The number of carbonyl (C=O) groups is 1. The number of aromatic nitrogens is 1. The van der Waals surface area contributed by atoms with Gasteiger partial charge in [0.2, 0.25) is 5.91 Å². The summed E-state index contributed by atoms with van der Waals surface area (Å²) in [6.07, 6.45) is 2.73. The molecule has 4 heteroatoms. The van der Waals surface area contributed by atoms with Crippen LogP contribution in [0.15, 0.2) is 24.4 Å². The van der Waals surface area contributed by atoms with Crippen molar-refractivity contribution in [3.05, 3.63) is 35.5 Å². The smallest absolute Gasteiger partial charge is 0.220 e. The maximum atomic E-state index is 12.2. The molecule has 1 aromatic carbocycles. The topological polar surface area (TPSA) is 65.1 Å². The quantitative estimate of drug-likeness (QED) is 0.726. The number of nitrogens with one attached hydrogen (secondary N) is 2. The highest BCUT2D eigenvalue weighted by Gasteiger charge is 2.30. The molecule has 2 rings (SSSR count). The Morgan fingerprint density at radius 2 is 2.04 bits per heavy atom. The fraction of sp³-hybridized carbons (Fsp3) is 0.550. The zero-order valence-corrected chi connectivity index (χ0v) is 15.4. The fourth-order valence-corrected chi connectivity index (χ4v) is 3.24. The van der Waals surface area contributed by atoms with Crippen molar-refractivity contribution in [1.82, 2.24) is 10.3 Å². The Morgan fingerprint density at radius 3 is 2.71 bits per heavy atom. The van der Waals surface area contributed by atoms with Crippen LogP contribution < -0.4 is 5.32 Å². The zero-order chi connectivity index (χ0) is 17.9. The van der Waals surface area contributed by atoms with Crippen molar-refractivity contribution in [2.45, 2.75) is 53.6 Å². The van der Waals surface area contributed by atoms with Gasteiger partial charge in [-0.25, -0.2) is 0 Å². The lowest BCUT2D eigenvalue weighted by Gasteiger charge is -2.33. The molecular formula is C20H30N2O2. The molecular weight excluding hydrogens is 300 g/mol. The maximum Gasteiger partial charge on any atom is 0.220 e. The Hall–Kier alpha value is -1.81. The van der Waals surface area contributed by atoms with Crippen molar-refractivity contribution in [1.29, 1.82) is 0 Å². The lowest BCUT2D eigenvalue weighted by Crippen LogP contribution is -2.43. The molecule has 0 radical (unpaired) electrons. The summed E-state index contributed by atoms with van der Waals surface area (Å²) >= 11 is 0. The van der Waals surface area contributed by atoms with E-state index in [9.17, 15) is 9.90 Å². The molecule has 0 fully saturated rings. The summed E-state index contributed by atoms with van der Waals surface area (Å²) in [5.41, 5.74) is 3.20. The number of para-hydroxylation sites is 1. The van der Waals surface area contributed by atoms with E-state index in [1.54, 1.807) is 0 Å². The van der Waals surface area contributed by atoms with Crippen LogP contribution in [-0.2, 0) is 11.2 Å². The van der Waals surface area contributed by atoms with Crippen molar-refractivity contribution in [3.8, 4) is 0 Å². The maximum absolute atomic E-state index is 12.2. The first-order valence-electron chi connectivity index (χ1n) is 8.72. The molecule has 132 valence electrons. The summed E-state index contributed by atoms with van der Waals surface area (Å²) in [5.74, 6) is 0.201. The number of benzene rings is 1. The lowest BCUT2D eigenvalue weighted by atomic mass is 9.80. The molecule has 0 aliphatic carbocycles. The number of aliphatic hydroxyl groups excluding tert-OH is 1. The Labute approximate surface area is 144 Å². The number of amides is 1. The van der Waals surface area contributed by atoms with E-state index in [0.717, 1.165) is 5.52 Å². The van der Waals surface area contributed by atoms with E-state index in [1.807, 2.05) is 40.0 Å². The number of hydrogen-bond donors (Lipinski definition) is 3. The predicted molar refractivity (Wildman–Crippen MR) is 99.0 cm³/mol. The van der Waals surface area contributed by atoms with Gasteiger partial charge in [-0.2, -0.15) is 0 Å². The SMILES string of the molecule is Cc1cccc2c(CCC(=O)NCC(C)(C)C(O)C(C)C)c[nH]c12. The Kier molecular flexibility index (Phi) is 5.70. The third-order valence-corrected chi connectivity index (χ3v) is 4.80. The minimum absolute atomic E-state index is 0.0287. The van der Waals surface area contributed by atoms with Crippen molar-refractivity contribution in [2.24, 2.45) is 11.3 Å². The van der Waals surface area contributed by atoms with Crippen LogP contribution in [0.25, 0.3) is 10.9 Å². The highest BCUT2D eigenvalue weighted by Crippen LogP contribution is 2.25. The first-order chi connectivity index (χ1) is 11.2. The van der Waals surface area contributed by atoms with Crippen LogP contribution in [0.1, 0.15) is 45.2 Å². The number of hydrogen-bond acceptors (Lipinski definition) is 2. The van der Waals surface area contributed by atoms with Gasteiger partial charge in [-0.3, -0.25) is 4.79 Å². The van der Waals surface area contributed by atoms with E-state index in [0.29, 0.717) is 19.4 Å². The van der Waals surface area contributed by atoms with E-state index >= 15 is 0 Å². The zero-order valence-electron chi connectivity index (χ0n) is 15.4. The summed E-state index contributed by atoms with van der Waals surface area (Å²) in [5, 5.41) is 14.4. The Balaban J connectivity index is 1.90. The molecule has 24 heavy (non-hydrogen) atoms. The second-order valence-electron chi connectivity index (χ2n) is 7.77. The van der Waals surface area contributed by atoms with Crippen LogP contribution >= 0.6 is 0 Å². The number of H-pyrrole nitrogens is 1. The first-order valence-corrected chi connectivity index (χ1v) is 8.72. The number of aryl methyl sites for hydroxylation is 2. The largest absolute Gasteiger partial charge is 0.392 e. The lowest BCUT2D eigenvalue weighted by molar-refractivity contribution is -0.122. The van der Waals surface area contributed by atoms with Gasteiger partial charge in [-0.05, 0) is 30.4 Å². The normalized spacial score (nSPS) is 13.5. The fourth-order valence-electron chi connectivity index (χ4n) is 3.24. The molecule has 2 aromatic rings. The van der Waals surface area contributed by atoms with Gasteiger partial charge in [0.05, 0.1) is 6.10 Å². The van der Waals surface area contributed by atoms with Gasteiger partial charge in [-0.15, -0.1) is 0 Å². The molecule has 4 nitrogen and oxygen atoms in total. The van der Waals surface area contributed by atoms with Gasteiger partial charge < -0.3 is 15.4 Å². The van der Waals surface area contributed by atoms with Gasteiger partial charge >= 0.3 is 0 Å². The number of rotatable bonds is 7. The molecule has 1 aromatic heterocycles. The molecule has 1 atom stereocenters. The minimum Gasteiger partial charge on any atom is -0.392 e. The highest BCUT2D eigenvalue weighted by atomic mass is 16.3. The average Bonchev–Trinajstić information content (AvgIpc) is 2.94. The second kappa shape index (κ2) is 7.39. The second-order valence-corrected chi connectivity index (χ2v) is 7.77. The molecule has 0 aliphatic heterocycles. The van der Waals surface area contributed by atoms with Gasteiger partial charge in [0.25, 0.3) is 0 Å². The standard InChI is InChI=1S/C20H30N2O2/c1-13(2)19(24)20(4,5)12-22-17(23)10-9-15-11-21-18-14(3)7-6-8-16(15)18/h6-8,11,13,19,21,24H,9-10,12H2,1-5H3,(H,22,23).